The monoisotopic (exact) mass is 183 g/mol. The molecule has 0 aliphatic carbocycles. The third-order valence-electron chi connectivity index (χ3n) is 0.778. The van der Waals surface area contributed by atoms with Crippen molar-refractivity contribution in [1.82, 2.24) is 0 Å². The molecule has 1 aliphatic rings. The van der Waals surface area contributed by atoms with Gasteiger partial charge in [-0.3, -0.25) is 0 Å². The first-order valence-electron chi connectivity index (χ1n) is 2.00. The average molecular weight is 183 g/mol. The van der Waals surface area contributed by atoms with Gasteiger partial charge in [0.05, 0.1) is 0 Å². The van der Waals surface area contributed by atoms with E-state index in [9.17, 15) is 0 Å². The molecule has 0 radical (unpaired) electrons. The number of allylic oxidation sites excluding steroid dienone is 2. The zero-order chi connectivity index (χ0) is 4.41. The molecule has 30 valence electrons. The standard InChI is InChI=1S/C4H4.In.H2N/c1-3-4-2;;/h1-4H;;1H2/q;+1;-1. The zero-order valence-electron chi connectivity index (χ0n) is 3.46. The topological polar surface area (TPSA) is 26.0 Å². The van der Waals surface area contributed by atoms with E-state index in [-0.39, 0.29) is 0 Å². The molecule has 0 atom stereocenters. The summed E-state index contributed by atoms with van der Waals surface area (Å²) in [6.07, 6.45) is 4.08. The first kappa shape index (κ1) is 4.47. The van der Waals surface area contributed by atoms with Gasteiger partial charge in [-0.1, -0.05) is 0 Å². The Labute approximate surface area is 45.5 Å². The first-order valence-corrected chi connectivity index (χ1v) is 7.71. The van der Waals surface area contributed by atoms with Crippen LogP contribution in [-0.4, -0.2) is 21.7 Å². The number of nitrogens with two attached hydrogens (primary N) is 1. The Hall–Kier alpha value is 0.310. The summed E-state index contributed by atoms with van der Waals surface area (Å²) < 4.78 is 9.88. The van der Waals surface area contributed by atoms with Crippen molar-refractivity contribution < 1.29 is 0 Å². The fraction of sp³-hybridized carbons (Fsp3) is 0. The van der Waals surface area contributed by atoms with Crippen molar-refractivity contribution in [2.75, 3.05) is 0 Å². The first-order chi connectivity index (χ1) is 2.89. The molecule has 6 heavy (non-hydrogen) atoms. The van der Waals surface area contributed by atoms with Crippen molar-refractivity contribution in [3.8, 4) is 0 Å². The fourth-order valence-corrected chi connectivity index (χ4v) is 3.01. The quantitative estimate of drug-likeness (QED) is 0.567. The summed E-state index contributed by atoms with van der Waals surface area (Å²) in [6.45, 7) is 0. The van der Waals surface area contributed by atoms with Gasteiger partial charge in [0.1, 0.15) is 0 Å². The van der Waals surface area contributed by atoms with Crippen molar-refractivity contribution >= 4 is 21.7 Å². The van der Waals surface area contributed by atoms with E-state index in [1.807, 2.05) is 12.2 Å². The van der Waals surface area contributed by atoms with Crippen LogP contribution < -0.4 is 3.72 Å². The van der Waals surface area contributed by atoms with Gasteiger partial charge in [-0.05, 0) is 0 Å². The maximum absolute atomic E-state index is 5.57. The third-order valence-corrected chi connectivity index (χ3v) is 4.58. The van der Waals surface area contributed by atoms with Crippen molar-refractivity contribution in [1.29, 1.82) is 0 Å². The summed E-state index contributed by atoms with van der Waals surface area (Å²) in [5.74, 6) is 0. The van der Waals surface area contributed by atoms with Crippen LogP contribution in [0.1, 0.15) is 0 Å². The summed E-state index contributed by atoms with van der Waals surface area (Å²) in [7, 11) is 0. The second-order valence-electron chi connectivity index (χ2n) is 1.35. The Morgan fingerprint density at radius 3 is 1.83 bits per heavy atom. The predicted molar refractivity (Wildman–Crippen MR) is 28.2 cm³/mol. The van der Waals surface area contributed by atoms with Gasteiger partial charge < -0.3 is 0 Å². The van der Waals surface area contributed by atoms with Gasteiger partial charge in [0, 0.05) is 0 Å². The summed E-state index contributed by atoms with van der Waals surface area (Å²) in [5.41, 5.74) is 0. The van der Waals surface area contributed by atoms with Crippen molar-refractivity contribution in [3.05, 3.63) is 19.8 Å². The SMILES string of the molecule is [NH2][In]1[CH]=CC=[CH]1. The molecule has 0 bridgehead atoms. The van der Waals surface area contributed by atoms with Crippen LogP contribution in [0.4, 0.5) is 0 Å². The van der Waals surface area contributed by atoms with Crippen LogP contribution >= 0.6 is 0 Å². The van der Waals surface area contributed by atoms with Crippen LogP contribution in [0, 0.1) is 0 Å². The average Bonchev–Trinajstić information content (AvgIpc) is 1.86. The van der Waals surface area contributed by atoms with Crippen molar-refractivity contribution in [2.24, 2.45) is 3.72 Å². The van der Waals surface area contributed by atoms with Crippen LogP contribution in [0.3, 0.4) is 0 Å². The molecule has 0 saturated heterocycles. The second-order valence-corrected chi connectivity index (χ2v) is 6.84. The molecule has 0 aromatic rings. The predicted octanol–water partition coefficient (Wildman–Crippen LogP) is 0.141. The summed E-state index contributed by atoms with van der Waals surface area (Å²) in [5, 5.41) is 0. The van der Waals surface area contributed by atoms with Gasteiger partial charge >= 0.3 is 45.3 Å². The second kappa shape index (κ2) is 1.85. The Morgan fingerprint density at radius 1 is 1.17 bits per heavy atom. The molecule has 1 nitrogen and oxygen atoms in total. The fourth-order valence-electron chi connectivity index (χ4n) is 0.449. The Balaban J connectivity index is 2.60. The molecule has 1 heterocycles. The molecule has 2 heteroatoms. The van der Waals surface area contributed by atoms with Crippen LogP contribution in [0.15, 0.2) is 19.8 Å². The van der Waals surface area contributed by atoms with Crippen LogP contribution in [0.2, 0.25) is 0 Å². The molecule has 1 aliphatic heterocycles. The molecule has 0 unspecified atom stereocenters. The number of rotatable bonds is 0. The van der Waals surface area contributed by atoms with Gasteiger partial charge in [-0.15, -0.1) is 0 Å². The molecule has 0 aromatic heterocycles. The molecular formula is C4H6InN. The van der Waals surface area contributed by atoms with Gasteiger partial charge in [0.15, 0.2) is 0 Å². The van der Waals surface area contributed by atoms with E-state index in [4.69, 9.17) is 3.72 Å². The van der Waals surface area contributed by atoms with E-state index in [1.165, 1.54) is 0 Å². The van der Waals surface area contributed by atoms with E-state index < -0.39 is 21.7 Å². The molecule has 0 fully saturated rings. The van der Waals surface area contributed by atoms with Gasteiger partial charge in [0.25, 0.3) is 0 Å². The number of hydrogen-bond donors (Lipinski definition) is 1. The number of hydrogen-bond acceptors (Lipinski definition) is 1. The van der Waals surface area contributed by atoms with Crippen molar-refractivity contribution in [3.63, 3.8) is 0 Å². The van der Waals surface area contributed by atoms with Gasteiger partial charge in [-0.25, -0.2) is 0 Å². The Kier molecular flexibility index (Phi) is 1.37. The van der Waals surface area contributed by atoms with Crippen LogP contribution in [0.25, 0.3) is 0 Å². The molecule has 0 amide bonds. The Morgan fingerprint density at radius 2 is 1.67 bits per heavy atom. The minimum absolute atomic E-state index is 1.47. The molecule has 0 aromatic carbocycles. The van der Waals surface area contributed by atoms with Crippen LogP contribution in [-0.2, 0) is 0 Å². The molecule has 2 N–H and O–H groups in total. The summed E-state index contributed by atoms with van der Waals surface area (Å²) in [4.78, 5) is 0. The minimum atomic E-state index is -1.47. The summed E-state index contributed by atoms with van der Waals surface area (Å²) >= 11 is -1.47. The third kappa shape index (κ3) is 0.884. The molecular weight excluding hydrogens is 177 g/mol. The maximum atomic E-state index is 5.57. The summed E-state index contributed by atoms with van der Waals surface area (Å²) in [6, 6.07) is 0. The molecule has 0 spiro atoms. The molecule has 1 rings (SSSR count). The van der Waals surface area contributed by atoms with Crippen LogP contribution in [0.5, 0.6) is 0 Å². The van der Waals surface area contributed by atoms with Gasteiger partial charge in [0.2, 0.25) is 0 Å². The molecule has 0 saturated carbocycles. The van der Waals surface area contributed by atoms with E-state index in [2.05, 4.69) is 7.67 Å². The van der Waals surface area contributed by atoms with E-state index in [0.717, 1.165) is 0 Å². The van der Waals surface area contributed by atoms with E-state index >= 15 is 0 Å². The zero-order valence-corrected chi connectivity index (χ0v) is 6.76. The van der Waals surface area contributed by atoms with Crippen molar-refractivity contribution in [2.45, 2.75) is 0 Å². The normalized spacial score (nSPS) is 17.2. The Bertz CT molecular complexity index is 83.7. The van der Waals surface area contributed by atoms with E-state index in [0.29, 0.717) is 0 Å². The van der Waals surface area contributed by atoms with E-state index in [1.54, 1.807) is 0 Å². The van der Waals surface area contributed by atoms with Gasteiger partial charge in [-0.2, -0.15) is 0 Å².